The average Bonchev–Trinajstić information content (AvgIpc) is 3.02. The maximum absolute atomic E-state index is 12.0. The van der Waals surface area contributed by atoms with Gasteiger partial charge >= 0.3 is 6.18 Å². The molecule has 0 saturated heterocycles. The molecule has 1 aromatic heterocycles. The number of alkyl halides is 3. The van der Waals surface area contributed by atoms with Crippen LogP contribution >= 0.6 is 11.3 Å². The molecule has 2 rings (SSSR count). The van der Waals surface area contributed by atoms with Gasteiger partial charge in [-0.1, -0.05) is 18.2 Å². The molecule has 0 saturated carbocycles. The summed E-state index contributed by atoms with van der Waals surface area (Å²) in [5.41, 5.74) is 0.766. The molecule has 2 aromatic rings. The second-order valence-corrected chi connectivity index (χ2v) is 5.59. The molecule has 0 spiro atoms. The normalized spacial score (nSPS) is 11.6. The van der Waals surface area contributed by atoms with E-state index in [1.54, 1.807) is 18.2 Å². The highest BCUT2D eigenvalue weighted by Crippen LogP contribution is 2.18. The summed E-state index contributed by atoms with van der Waals surface area (Å²) in [5.74, 6) is -0.106. The molecule has 0 radical (unpaired) electrons. The first-order valence-corrected chi connectivity index (χ1v) is 7.58. The van der Waals surface area contributed by atoms with Crippen LogP contribution < -0.4 is 10.1 Å². The van der Waals surface area contributed by atoms with Crippen molar-refractivity contribution in [1.82, 2.24) is 5.32 Å². The Morgan fingerprint density at radius 1 is 1.22 bits per heavy atom. The van der Waals surface area contributed by atoms with Gasteiger partial charge in [0, 0.05) is 17.5 Å². The zero-order chi connectivity index (χ0) is 16.7. The van der Waals surface area contributed by atoms with Crippen molar-refractivity contribution in [3.05, 3.63) is 58.3 Å². The Balaban J connectivity index is 1.78. The quantitative estimate of drug-likeness (QED) is 0.806. The van der Waals surface area contributed by atoms with Crippen molar-refractivity contribution in [2.45, 2.75) is 12.7 Å². The Morgan fingerprint density at radius 2 is 1.96 bits per heavy atom. The number of rotatable bonds is 6. The molecule has 0 bridgehead atoms. The molecule has 122 valence electrons. The van der Waals surface area contributed by atoms with E-state index in [-0.39, 0.29) is 18.2 Å². The number of carbonyl (C=O) groups excluding carboxylic acids is 1. The van der Waals surface area contributed by atoms with Crippen molar-refractivity contribution in [3.63, 3.8) is 0 Å². The van der Waals surface area contributed by atoms with E-state index in [0.717, 1.165) is 10.4 Å². The highest BCUT2D eigenvalue weighted by atomic mass is 32.1. The number of carbonyl (C=O) groups is 1. The van der Waals surface area contributed by atoms with Gasteiger partial charge in [-0.3, -0.25) is 4.79 Å². The van der Waals surface area contributed by atoms with Gasteiger partial charge in [-0.05, 0) is 35.2 Å². The van der Waals surface area contributed by atoms with Crippen molar-refractivity contribution in [1.29, 1.82) is 0 Å². The molecule has 1 amide bonds. The van der Waals surface area contributed by atoms with E-state index in [0.29, 0.717) is 0 Å². The lowest BCUT2D eigenvalue weighted by molar-refractivity contribution is -0.153. The first-order chi connectivity index (χ1) is 10.9. The lowest BCUT2D eigenvalue weighted by Gasteiger charge is -2.09. The predicted octanol–water partition coefficient (Wildman–Crippen LogP) is 4.02. The SMILES string of the molecule is O=C(/C=C/c1cccs1)NCc1ccc(OCC(F)(F)F)cc1. The third-order valence-electron chi connectivity index (χ3n) is 2.73. The molecule has 3 nitrogen and oxygen atoms in total. The van der Waals surface area contributed by atoms with Gasteiger partial charge in [0.1, 0.15) is 5.75 Å². The van der Waals surface area contributed by atoms with Gasteiger partial charge in [0.15, 0.2) is 6.61 Å². The van der Waals surface area contributed by atoms with E-state index >= 15 is 0 Å². The Labute approximate surface area is 135 Å². The van der Waals surface area contributed by atoms with Gasteiger partial charge in [0.25, 0.3) is 0 Å². The number of hydrogen-bond donors (Lipinski definition) is 1. The third-order valence-corrected chi connectivity index (χ3v) is 3.57. The molecule has 23 heavy (non-hydrogen) atoms. The minimum atomic E-state index is -4.36. The van der Waals surface area contributed by atoms with Crippen LogP contribution in [0.5, 0.6) is 5.75 Å². The Kier molecular flexibility index (Phi) is 5.81. The summed E-state index contributed by atoms with van der Waals surface area (Å²) < 4.78 is 40.7. The van der Waals surface area contributed by atoms with Crippen LogP contribution in [0.1, 0.15) is 10.4 Å². The van der Waals surface area contributed by atoms with Gasteiger partial charge < -0.3 is 10.1 Å². The number of ether oxygens (including phenoxy) is 1. The molecule has 0 aliphatic heterocycles. The monoisotopic (exact) mass is 341 g/mol. The predicted molar refractivity (Wildman–Crippen MR) is 83.2 cm³/mol. The summed E-state index contributed by atoms with van der Waals surface area (Å²) in [6, 6.07) is 9.88. The van der Waals surface area contributed by atoms with E-state index < -0.39 is 12.8 Å². The minimum Gasteiger partial charge on any atom is -0.484 e. The number of nitrogens with one attached hydrogen (secondary N) is 1. The number of thiophene rings is 1. The maximum atomic E-state index is 12.0. The second-order valence-electron chi connectivity index (χ2n) is 4.61. The summed E-state index contributed by atoms with van der Waals surface area (Å²) in [6.07, 6.45) is -1.21. The number of halogens is 3. The van der Waals surface area contributed by atoms with Crippen molar-refractivity contribution >= 4 is 23.3 Å². The zero-order valence-electron chi connectivity index (χ0n) is 12.0. The van der Waals surface area contributed by atoms with E-state index in [1.165, 1.54) is 29.5 Å². The third kappa shape index (κ3) is 6.56. The van der Waals surface area contributed by atoms with Crippen molar-refractivity contribution in [2.24, 2.45) is 0 Å². The van der Waals surface area contributed by atoms with Gasteiger partial charge in [-0.25, -0.2) is 0 Å². The number of benzene rings is 1. The molecule has 7 heteroatoms. The maximum Gasteiger partial charge on any atom is 0.422 e. The van der Waals surface area contributed by atoms with Crippen molar-refractivity contribution in [2.75, 3.05) is 6.61 Å². The molecular formula is C16H14F3NO2S. The molecule has 0 unspecified atom stereocenters. The van der Waals surface area contributed by atoms with Crippen LogP contribution in [0.3, 0.4) is 0 Å². The van der Waals surface area contributed by atoms with E-state index in [4.69, 9.17) is 0 Å². The van der Waals surface area contributed by atoms with Crippen molar-refractivity contribution in [3.8, 4) is 5.75 Å². The van der Waals surface area contributed by atoms with Crippen LogP contribution in [-0.4, -0.2) is 18.7 Å². The Morgan fingerprint density at radius 3 is 2.57 bits per heavy atom. The summed E-state index contributed by atoms with van der Waals surface area (Å²) in [5, 5.41) is 4.61. The van der Waals surface area contributed by atoms with Crippen LogP contribution in [0.4, 0.5) is 13.2 Å². The van der Waals surface area contributed by atoms with Crippen LogP contribution in [-0.2, 0) is 11.3 Å². The fourth-order valence-corrected chi connectivity index (χ4v) is 2.28. The molecule has 0 fully saturated rings. The van der Waals surface area contributed by atoms with Crippen LogP contribution in [0.25, 0.3) is 6.08 Å². The fraction of sp³-hybridized carbons (Fsp3) is 0.188. The van der Waals surface area contributed by atoms with Crippen LogP contribution in [0.2, 0.25) is 0 Å². The van der Waals surface area contributed by atoms with E-state index in [9.17, 15) is 18.0 Å². The molecule has 0 aliphatic rings. The summed E-state index contributed by atoms with van der Waals surface area (Å²) in [6.45, 7) is -1.04. The fourth-order valence-electron chi connectivity index (χ4n) is 1.66. The first-order valence-electron chi connectivity index (χ1n) is 6.70. The lowest BCUT2D eigenvalue weighted by atomic mass is 10.2. The van der Waals surface area contributed by atoms with Gasteiger partial charge in [0.2, 0.25) is 5.91 Å². The molecule has 1 aromatic carbocycles. The Hall–Kier alpha value is -2.28. The van der Waals surface area contributed by atoms with Gasteiger partial charge in [-0.15, -0.1) is 11.3 Å². The first kappa shape index (κ1) is 17.1. The molecule has 0 aliphatic carbocycles. The highest BCUT2D eigenvalue weighted by molar-refractivity contribution is 7.10. The van der Waals surface area contributed by atoms with Crippen molar-refractivity contribution < 1.29 is 22.7 Å². The molecule has 1 N–H and O–H groups in total. The smallest absolute Gasteiger partial charge is 0.422 e. The standard InChI is InChI=1S/C16H14F3NO2S/c17-16(18,19)11-22-13-5-3-12(4-6-13)10-20-15(21)8-7-14-2-1-9-23-14/h1-9H,10-11H2,(H,20,21)/b8-7+. The van der Waals surface area contributed by atoms with E-state index in [2.05, 4.69) is 10.1 Å². The lowest BCUT2D eigenvalue weighted by Crippen LogP contribution is -2.20. The van der Waals surface area contributed by atoms with Gasteiger partial charge in [-0.2, -0.15) is 13.2 Å². The number of hydrogen-bond acceptors (Lipinski definition) is 3. The van der Waals surface area contributed by atoms with Gasteiger partial charge in [0.05, 0.1) is 0 Å². The molecular weight excluding hydrogens is 327 g/mol. The molecule has 1 heterocycles. The average molecular weight is 341 g/mol. The van der Waals surface area contributed by atoms with Crippen LogP contribution in [0, 0.1) is 0 Å². The minimum absolute atomic E-state index is 0.134. The second kappa shape index (κ2) is 7.82. The van der Waals surface area contributed by atoms with Crippen LogP contribution in [0.15, 0.2) is 47.9 Å². The molecule has 0 atom stereocenters. The van der Waals surface area contributed by atoms with E-state index in [1.807, 2.05) is 17.5 Å². The summed E-state index contributed by atoms with van der Waals surface area (Å²) >= 11 is 1.53. The summed E-state index contributed by atoms with van der Waals surface area (Å²) in [7, 11) is 0. The zero-order valence-corrected chi connectivity index (χ0v) is 12.8. The highest BCUT2D eigenvalue weighted by Gasteiger charge is 2.28. The number of amides is 1. The topological polar surface area (TPSA) is 38.3 Å². The summed E-state index contributed by atoms with van der Waals surface area (Å²) in [4.78, 5) is 12.6. The Bertz CT molecular complexity index is 649. The largest absolute Gasteiger partial charge is 0.484 e.